The van der Waals surface area contributed by atoms with Crippen LogP contribution in [0.5, 0.6) is 11.5 Å². The number of hydrogen-bond donors (Lipinski definition) is 1. The molecule has 1 heterocycles. The van der Waals surface area contributed by atoms with Gasteiger partial charge in [-0.05, 0) is 62.4 Å². The molecule has 40 heavy (non-hydrogen) atoms. The van der Waals surface area contributed by atoms with Gasteiger partial charge in [0.15, 0.2) is 23.1 Å². The molecule has 1 fully saturated rings. The minimum atomic E-state index is -0.737. The Labute approximate surface area is 232 Å². The Morgan fingerprint density at radius 2 is 1.80 bits per heavy atom. The normalized spacial score (nSPS) is 25.7. The van der Waals surface area contributed by atoms with E-state index in [0.717, 1.165) is 11.1 Å². The number of anilines is 1. The molecule has 1 saturated heterocycles. The molecule has 0 bridgehead atoms. The van der Waals surface area contributed by atoms with E-state index in [0.29, 0.717) is 41.0 Å². The third-order valence-electron chi connectivity index (χ3n) is 8.59. The zero-order chi connectivity index (χ0) is 28.3. The second-order valence-electron chi connectivity index (χ2n) is 10.7. The lowest BCUT2D eigenvalue weighted by Crippen LogP contribution is -2.39. The first-order valence-corrected chi connectivity index (χ1v) is 13.5. The van der Waals surface area contributed by atoms with E-state index in [1.165, 1.54) is 11.0 Å². The van der Waals surface area contributed by atoms with Crippen molar-refractivity contribution in [1.82, 2.24) is 0 Å². The summed E-state index contributed by atoms with van der Waals surface area (Å²) in [6.07, 6.45) is 5.48. The highest BCUT2D eigenvalue weighted by molar-refractivity contribution is 6.25. The zero-order valence-electron chi connectivity index (χ0n) is 22.3. The largest absolute Gasteiger partial charge is 0.504 e. The lowest BCUT2D eigenvalue weighted by molar-refractivity contribution is -0.123. The number of Topliss-reactive ketones (excluding diaryl/α,β-unsaturated/α-hetero) is 1. The molecule has 4 atom stereocenters. The first-order valence-electron chi connectivity index (χ1n) is 13.5. The summed E-state index contributed by atoms with van der Waals surface area (Å²) in [7, 11) is 0. The number of imide groups is 1. The third kappa shape index (κ3) is 3.72. The molecule has 6 rings (SSSR count). The van der Waals surface area contributed by atoms with E-state index in [-0.39, 0.29) is 41.3 Å². The molecule has 7 heteroatoms. The topological polar surface area (TPSA) is 101 Å². The predicted octanol–water partition coefficient (Wildman–Crippen LogP) is 5.07. The molecule has 0 spiro atoms. The van der Waals surface area contributed by atoms with Gasteiger partial charge in [-0.1, -0.05) is 48.6 Å². The van der Waals surface area contributed by atoms with E-state index in [2.05, 4.69) is 6.58 Å². The number of phenols is 1. The van der Waals surface area contributed by atoms with Crippen molar-refractivity contribution in [2.45, 2.75) is 32.6 Å². The smallest absolute Gasteiger partial charge is 0.238 e. The Balaban J connectivity index is 1.48. The molecule has 4 aliphatic rings. The number of ketones is 2. The lowest BCUT2D eigenvalue weighted by Gasteiger charge is -2.42. The van der Waals surface area contributed by atoms with Gasteiger partial charge in [0.05, 0.1) is 24.1 Å². The summed E-state index contributed by atoms with van der Waals surface area (Å²) < 4.78 is 5.63. The van der Waals surface area contributed by atoms with Gasteiger partial charge >= 0.3 is 0 Å². The summed E-state index contributed by atoms with van der Waals surface area (Å²) in [6, 6.07) is 12.2. The molecule has 202 valence electrons. The highest BCUT2D eigenvalue weighted by Gasteiger charge is 2.56. The van der Waals surface area contributed by atoms with Crippen molar-refractivity contribution in [2.75, 3.05) is 11.5 Å². The van der Waals surface area contributed by atoms with Crippen LogP contribution < -0.4 is 9.64 Å². The van der Waals surface area contributed by atoms with Gasteiger partial charge in [-0.25, -0.2) is 0 Å². The molecular formula is C33H29NO6. The summed E-state index contributed by atoms with van der Waals surface area (Å²) in [5.41, 5.74) is 3.61. The van der Waals surface area contributed by atoms with Gasteiger partial charge in [0, 0.05) is 28.2 Å². The molecule has 2 aromatic rings. The van der Waals surface area contributed by atoms with Crippen molar-refractivity contribution in [3.63, 3.8) is 0 Å². The summed E-state index contributed by atoms with van der Waals surface area (Å²) in [4.78, 5) is 55.7. The maximum Gasteiger partial charge on any atom is 0.238 e. The number of benzene rings is 2. The molecule has 3 aliphatic carbocycles. The summed E-state index contributed by atoms with van der Waals surface area (Å²) in [6.45, 7) is 7.52. The molecule has 2 amide bonds. The SMILES string of the molecule is C=Cc1ccc(N2C(=O)[C@H]3[C@H](CC=C4[C@H](c5cccc(OCC)c5O)C5=C(C[C@H]43)C(=O)C=C(C)C5=O)C2=O)cc1. The maximum atomic E-state index is 14.0. The fraction of sp³-hybridized carbons (Fsp3) is 0.273. The van der Waals surface area contributed by atoms with Crippen LogP contribution >= 0.6 is 0 Å². The molecule has 7 nitrogen and oxygen atoms in total. The third-order valence-corrected chi connectivity index (χ3v) is 8.59. The maximum absolute atomic E-state index is 14.0. The first kappa shape index (κ1) is 25.7. The molecule has 0 aromatic heterocycles. The van der Waals surface area contributed by atoms with Crippen LogP contribution in [0.1, 0.15) is 43.7 Å². The number of nitrogens with zero attached hydrogens (tertiary/aromatic N) is 1. The number of fused-ring (bicyclic) bond motifs is 3. The van der Waals surface area contributed by atoms with Gasteiger partial charge in [0.25, 0.3) is 0 Å². The van der Waals surface area contributed by atoms with Crippen molar-refractivity contribution in [3.05, 3.63) is 94.6 Å². The van der Waals surface area contributed by atoms with Crippen LogP contribution in [-0.4, -0.2) is 35.1 Å². The van der Waals surface area contributed by atoms with Gasteiger partial charge in [-0.2, -0.15) is 0 Å². The van der Waals surface area contributed by atoms with Crippen LogP contribution in [0.15, 0.2) is 83.5 Å². The Kier molecular flexibility index (Phi) is 6.17. The highest BCUT2D eigenvalue weighted by Crippen LogP contribution is 2.57. The minimum Gasteiger partial charge on any atom is -0.504 e. The summed E-state index contributed by atoms with van der Waals surface area (Å²) in [5, 5.41) is 11.3. The number of allylic oxidation sites excluding steroid dienone is 6. The van der Waals surface area contributed by atoms with Crippen LogP contribution in [0, 0.1) is 17.8 Å². The predicted molar refractivity (Wildman–Crippen MR) is 150 cm³/mol. The number of para-hydroxylation sites is 1. The molecule has 1 aliphatic heterocycles. The van der Waals surface area contributed by atoms with Crippen LogP contribution in [0.25, 0.3) is 6.08 Å². The van der Waals surface area contributed by atoms with Gasteiger partial charge in [0.1, 0.15) is 0 Å². The quantitative estimate of drug-likeness (QED) is 0.326. The van der Waals surface area contributed by atoms with E-state index < -0.39 is 23.7 Å². The minimum absolute atomic E-state index is 0.102. The van der Waals surface area contributed by atoms with E-state index in [1.807, 2.05) is 13.0 Å². The number of phenolic OH excluding ortho intramolecular Hbond substituents is 1. The number of rotatable bonds is 5. The van der Waals surface area contributed by atoms with E-state index in [9.17, 15) is 24.3 Å². The Bertz CT molecular complexity index is 1590. The summed E-state index contributed by atoms with van der Waals surface area (Å²) >= 11 is 0. The number of amides is 2. The van der Waals surface area contributed by atoms with Gasteiger partial charge < -0.3 is 9.84 Å². The van der Waals surface area contributed by atoms with Crippen LogP contribution in [0.3, 0.4) is 0 Å². The Morgan fingerprint density at radius 3 is 2.50 bits per heavy atom. The van der Waals surface area contributed by atoms with Crippen molar-refractivity contribution in [2.24, 2.45) is 17.8 Å². The first-order chi connectivity index (χ1) is 19.3. The van der Waals surface area contributed by atoms with Gasteiger partial charge in [-0.15, -0.1) is 0 Å². The van der Waals surface area contributed by atoms with Gasteiger partial charge in [0.2, 0.25) is 11.8 Å². The fourth-order valence-corrected chi connectivity index (χ4v) is 6.77. The fourth-order valence-electron chi connectivity index (χ4n) is 6.77. The van der Waals surface area contributed by atoms with Crippen molar-refractivity contribution >= 4 is 35.1 Å². The van der Waals surface area contributed by atoms with Crippen LogP contribution in [0.4, 0.5) is 5.69 Å². The number of ether oxygens (including phenoxy) is 1. The number of carbonyl (C=O) groups excluding carboxylic acids is 4. The average Bonchev–Trinajstić information content (AvgIpc) is 3.21. The van der Waals surface area contributed by atoms with Gasteiger partial charge in [-0.3, -0.25) is 24.1 Å². The number of hydrogen-bond acceptors (Lipinski definition) is 6. The zero-order valence-corrected chi connectivity index (χ0v) is 22.3. The molecular weight excluding hydrogens is 506 g/mol. The Hall–Kier alpha value is -4.52. The second-order valence-corrected chi connectivity index (χ2v) is 10.7. The monoisotopic (exact) mass is 535 g/mol. The number of carbonyl (C=O) groups is 4. The molecule has 0 unspecified atom stereocenters. The standard InChI is InChI=1S/C33H29NO6/c1-4-18-9-11-19(12-10-18)34-32(38)22-14-13-20-23(28(22)33(34)39)16-24-25(35)15-17(3)30(36)29(24)27(20)21-7-6-8-26(31(21)37)40-5-2/h4,6-13,15,22-23,27-28,37H,1,5,14,16H2,2-3H3/t22-,23+,27+,28-/m0/s1. The lowest BCUT2D eigenvalue weighted by atomic mass is 9.59. The van der Waals surface area contributed by atoms with Crippen molar-refractivity contribution in [3.8, 4) is 11.5 Å². The molecule has 0 radical (unpaired) electrons. The average molecular weight is 536 g/mol. The molecule has 2 aromatic carbocycles. The molecule has 1 N–H and O–H groups in total. The van der Waals surface area contributed by atoms with E-state index >= 15 is 0 Å². The number of aromatic hydroxyl groups is 1. The van der Waals surface area contributed by atoms with Crippen molar-refractivity contribution in [1.29, 1.82) is 0 Å². The second kappa shape index (κ2) is 9.59. The van der Waals surface area contributed by atoms with Crippen LogP contribution in [0.2, 0.25) is 0 Å². The van der Waals surface area contributed by atoms with Crippen molar-refractivity contribution < 1.29 is 29.0 Å². The van der Waals surface area contributed by atoms with E-state index in [1.54, 1.807) is 55.5 Å². The van der Waals surface area contributed by atoms with Crippen LogP contribution in [-0.2, 0) is 19.2 Å². The summed E-state index contributed by atoms with van der Waals surface area (Å²) in [5.74, 6) is -3.39. The Morgan fingerprint density at radius 1 is 1.05 bits per heavy atom. The highest BCUT2D eigenvalue weighted by atomic mass is 16.5. The molecule has 0 saturated carbocycles. The van der Waals surface area contributed by atoms with E-state index in [4.69, 9.17) is 4.74 Å².